The van der Waals surface area contributed by atoms with Crippen molar-refractivity contribution in [3.8, 4) is 5.75 Å². The number of carbonyl (C=O) groups is 2. The Labute approximate surface area is 187 Å². The van der Waals surface area contributed by atoms with Crippen molar-refractivity contribution in [1.82, 2.24) is 20.8 Å². The van der Waals surface area contributed by atoms with Crippen LogP contribution in [0.25, 0.3) is 0 Å². The third kappa shape index (κ3) is 7.52. The highest BCUT2D eigenvalue weighted by molar-refractivity contribution is 7.89. The van der Waals surface area contributed by atoms with Crippen LogP contribution in [0.4, 0.5) is 4.79 Å². The molecule has 32 heavy (non-hydrogen) atoms. The molecule has 0 spiro atoms. The molecule has 0 saturated heterocycles. The first-order valence-corrected chi connectivity index (χ1v) is 11.4. The molecule has 174 valence electrons. The minimum atomic E-state index is -4.02. The molecule has 2 rings (SSSR count). The summed E-state index contributed by atoms with van der Waals surface area (Å²) in [5.74, 6) is -0.413. The summed E-state index contributed by atoms with van der Waals surface area (Å²) in [6.07, 6.45) is 0.340. The summed E-state index contributed by atoms with van der Waals surface area (Å²) >= 11 is 0. The Morgan fingerprint density at radius 2 is 1.72 bits per heavy atom. The van der Waals surface area contributed by atoms with Crippen LogP contribution < -0.4 is 25.6 Å². The van der Waals surface area contributed by atoms with Gasteiger partial charge in [-0.1, -0.05) is 30.3 Å². The molecule has 0 aliphatic heterocycles. The molecule has 0 saturated carbocycles. The molecule has 0 aliphatic carbocycles. The molecule has 0 aromatic heterocycles. The second-order valence-corrected chi connectivity index (χ2v) is 8.71. The number of methoxy groups -OCH3 is 1. The molecular formula is C21H28N4O6S. The van der Waals surface area contributed by atoms with E-state index in [2.05, 4.69) is 15.4 Å². The van der Waals surface area contributed by atoms with Crippen molar-refractivity contribution >= 4 is 22.0 Å². The fraction of sp³-hybridized carbons (Fsp3) is 0.333. The van der Waals surface area contributed by atoms with Gasteiger partial charge in [-0.05, 0) is 49.6 Å². The first kappa shape index (κ1) is 25.1. The highest BCUT2D eigenvalue weighted by atomic mass is 32.2. The third-order valence-corrected chi connectivity index (χ3v) is 6.18. The van der Waals surface area contributed by atoms with Crippen molar-refractivity contribution in [1.29, 1.82) is 0 Å². The lowest BCUT2D eigenvalue weighted by Crippen LogP contribution is -2.46. The first-order valence-electron chi connectivity index (χ1n) is 9.96. The number of benzene rings is 2. The Kier molecular flexibility index (Phi) is 9.44. The van der Waals surface area contributed by atoms with Gasteiger partial charge in [-0.2, -0.15) is 4.72 Å². The maximum atomic E-state index is 12.6. The predicted octanol–water partition coefficient (Wildman–Crippen LogP) is 1.69. The number of hydrogen-bond acceptors (Lipinski definition) is 6. The molecule has 2 aromatic carbocycles. The molecule has 5 N–H and O–H groups in total. The zero-order valence-electron chi connectivity index (χ0n) is 17.9. The molecular weight excluding hydrogens is 436 g/mol. The quantitative estimate of drug-likeness (QED) is 0.194. The molecule has 0 unspecified atom stereocenters. The van der Waals surface area contributed by atoms with Gasteiger partial charge in [0.2, 0.25) is 10.0 Å². The summed E-state index contributed by atoms with van der Waals surface area (Å²) in [7, 11) is -2.56. The summed E-state index contributed by atoms with van der Waals surface area (Å²) in [5, 5.41) is 14.4. The van der Waals surface area contributed by atoms with Gasteiger partial charge < -0.3 is 15.4 Å². The van der Waals surface area contributed by atoms with E-state index in [4.69, 9.17) is 9.94 Å². The van der Waals surface area contributed by atoms with Crippen molar-refractivity contribution in [3.63, 3.8) is 0 Å². The lowest BCUT2D eigenvalue weighted by Gasteiger charge is -2.18. The summed E-state index contributed by atoms with van der Waals surface area (Å²) in [4.78, 5) is 24.0. The van der Waals surface area contributed by atoms with Crippen LogP contribution in [-0.4, -0.2) is 45.3 Å². The van der Waals surface area contributed by atoms with Crippen LogP contribution in [0.5, 0.6) is 5.75 Å². The van der Waals surface area contributed by atoms with Gasteiger partial charge in [0, 0.05) is 6.54 Å². The topological polar surface area (TPSA) is 146 Å². The van der Waals surface area contributed by atoms with Crippen molar-refractivity contribution < 1.29 is 28.0 Å². The number of hydroxylamine groups is 1. The maximum Gasteiger partial charge on any atom is 0.315 e. The van der Waals surface area contributed by atoms with Crippen LogP contribution in [0, 0.1) is 0 Å². The average molecular weight is 465 g/mol. The highest BCUT2D eigenvalue weighted by Crippen LogP contribution is 2.16. The highest BCUT2D eigenvalue weighted by Gasteiger charge is 2.25. The van der Waals surface area contributed by atoms with Gasteiger partial charge in [0.25, 0.3) is 5.91 Å². The number of carbonyl (C=O) groups excluding carboxylic acids is 2. The van der Waals surface area contributed by atoms with Gasteiger partial charge in [0.05, 0.1) is 18.0 Å². The van der Waals surface area contributed by atoms with Crippen LogP contribution in [0.3, 0.4) is 0 Å². The molecule has 11 heteroatoms. The Bertz CT molecular complexity index is 983. The van der Waals surface area contributed by atoms with Gasteiger partial charge in [-0.15, -0.1) is 0 Å². The van der Waals surface area contributed by atoms with Crippen LogP contribution in [0.2, 0.25) is 0 Å². The molecule has 2 aromatic rings. The molecule has 2 atom stereocenters. The van der Waals surface area contributed by atoms with E-state index in [9.17, 15) is 18.0 Å². The van der Waals surface area contributed by atoms with E-state index in [1.807, 2.05) is 37.3 Å². The van der Waals surface area contributed by atoms with E-state index in [0.29, 0.717) is 5.75 Å². The molecule has 0 radical (unpaired) electrons. The van der Waals surface area contributed by atoms with E-state index >= 15 is 0 Å². The molecule has 0 fully saturated rings. The maximum absolute atomic E-state index is 12.6. The Morgan fingerprint density at radius 1 is 1.06 bits per heavy atom. The van der Waals surface area contributed by atoms with Gasteiger partial charge in [-0.25, -0.2) is 18.7 Å². The lowest BCUT2D eigenvalue weighted by atomic mass is 10.1. The van der Waals surface area contributed by atoms with Gasteiger partial charge in [-0.3, -0.25) is 10.0 Å². The fourth-order valence-electron chi connectivity index (χ4n) is 2.91. The number of hydrogen-bond donors (Lipinski definition) is 5. The van der Waals surface area contributed by atoms with Gasteiger partial charge in [0.15, 0.2) is 0 Å². The number of rotatable bonds is 11. The zero-order chi connectivity index (χ0) is 23.6. The average Bonchev–Trinajstić information content (AvgIpc) is 2.81. The summed E-state index contributed by atoms with van der Waals surface area (Å²) < 4.78 is 32.4. The number of urea groups is 1. The minimum absolute atomic E-state index is 0.0519. The Hall–Kier alpha value is -3.15. The summed E-state index contributed by atoms with van der Waals surface area (Å²) in [6, 6.07) is 13.3. The Morgan fingerprint density at radius 3 is 2.31 bits per heavy atom. The second-order valence-electron chi connectivity index (χ2n) is 7.00. The SMILES string of the molecule is COc1ccc(S(=O)(=O)N[C@@H](CCCNC(=O)N[C@H](C)c2ccccc2)C(=O)NO)cc1. The van der Waals surface area contributed by atoms with Crippen molar-refractivity contribution in [3.05, 3.63) is 60.2 Å². The van der Waals surface area contributed by atoms with E-state index in [-0.39, 0.29) is 36.4 Å². The molecule has 0 bridgehead atoms. The molecule has 0 heterocycles. The number of amides is 3. The number of sulfonamides is 1. The van der Waals surface area contributed by atoms with E-state index in [0.717, 1.165) is 5.56 Å². The van der Waals surface area contributed by atoms with E-state index < -0.39 is 22.0 Å². The van der Waals surface area contributed by atoms with Crippen molar-refractivity contribution in [2.45, 2.75) is 36.7 Å². The zero-order valence-corrected chi connectivity index (χ0v) is 18.7. The van der Waals surface area contributed by atoms with Crippen LogP contribution >= 0.6 is 0 Å². The second kappa shape index (κ2) is 12.0. The van der Waals surface area contributed by atoms with Crippen LogP contribution in [-0.2, 0) is 14.8 Å². The van der Waals surface area contributed by atoms with E-state index in [1.54, 1.807) is 0 Å². The molecule has 10 nitrogen and oxygen atoms in total. The summed E-state index contributed by atoms with van der Waals surface area (Å²) in [6.45, 7) is 2.05. The van der Waals surface area contributed by atoms with Gasteiger partial charge >= 0.3 is 6.03 Å². The predicted molar refractivity (Wildman–Crippen MR) is 118 cm³/mol. The lowest BCUT2D eigenvalue weighted by molar-refractivity contribution is -0.131. The van der Waals surface area contributed by atoms with Crippen molar-refractivity contribution in [2.75, 3.05) is 13.7 Å². The fourth-order valence-corrected chi connectivity index (χ4v) is 4.14. The molecule has 3 amide bonds. The number of nitrogens with one attached hydrogen (secondary N) is 4. The minimum Gasteiger partial charge on any atom is -0.497 e. The monoisotopic (exact) mass is 464 g/mol. The standard InChI is InChI=1S/C21H28N4O6S/c1-15(16-7-4-3-5-8-16)23-21(27)22-14-6-9-19(20(26)24-28)25-32(29,30)18-12-10-17(31-2)11-13-18/h3-5,7-8,10-13,15,19,25,28H,6,9,14H2,1-2H3,(H,24,26)(H2,22,23,27)/t15-,19+/m1/s1. The number of ether oxygens (including phenoxy) is 1. The first-order chi connectivity index (χ1) is 15.3. The Balaban J connectivity index is 1.87. The smallest absolute Gasteiger partial charge is 0.315 e. The largest absolute Gasteiger partial charge is 0.497 e. The summed E-state index contributed by atoms with van der Waals surface area (Å²) in [5.41, 5.74) is 2.42. The third-order valence-electron chi connectivity index (χ3n) is 4.70. The van der Waals surface area contributed by atoms with Crippen LogP contribution in [0.15, 0.2) is 59.5 Å². The van der Waals surface area contributed by atoms with E-state index in [1.165, 1.54) is 36.9 Å². The molecule has 0 aliphatic rings. The van der Waals surface area contributed by atoms with Gasteiger partial charge in [0.1, 0.15) is 11.8 Å². The van der Waals surface area contributed by atoms with Crippen LogP contribution in [0.1, 0.15) is 31.4 Å². The normalized spacial score (nSPS) is 13.0. The van der Waals surface area contributed by atoms with Crippen molar-refractivity contribution in [2.24, 2.45) is 0 Å².